The minimum atomic E-state index is -0.985. The van der Waals surface area contributed by atoms with Crippen molar-refractivity contribution in [3.05, 3.63) is 70.8 Å². The number of rotatable bonds is 16. The van der Waals surface area contributed by atoms with Crippen LogP contribution in [-0.4, -0.2) is 47.7 Å². The molecule has 2 aromatic carbocycles. The van der Waals surface area contributed by atoms with Crippen LogP contribution in [0, 0.1) is 11.6 Å². The maximum atomic E-state index is 14.1. The molecule has 1 atom stereocenters. The van der Waals surface area contributed by atoms with Crippen LogP contribution in [-0.2, 0) is 33.6 Å². The number of carbonyl (C=O) groups excluding carboxylic acids is 1. The van der Waals surface area contributed by atoms with Crippen molar-refractivity contribution in [3.8, 4) is 0 Å². The molecule has 0 bridgehead atoms. The highest BCUT2D eigenvalue weighted by molar-refractivity contribution is 5.78. The third kappa shape index (κ3) is 10.1. The Morgan fingerprint density at radius 2 is 1.63 bits per heavy atom. The molecule has 7 heteroatoms. The number of halogens is 2. The number of hydrogen-bond donors (Lipinski definition) is 1. The monoisotopic (exact) mass is 489 g/mol. The van der Waals surface area contributed by atoms with Gasteiger partial charge in [-0.15, -0.1) is 0 Å². The summed E-state index contributed by atoms with van der Waals surface area (Å²) in [5.41, 5.74) is 2.08. The molecule has 0 aliphatic carbocycles. The van der Waals surface area contributed by atoms with Gasteiger partial charge < -0.3 is 14.7 Å². The summed E-state index contributed by atoms with van der Waals surface area (Å²) in [4.78, 5) is 26.1. The topological polar surface area (TPSA) is 66.8 Å². The standard InChI is InChI=1S/C28H37F2NO4/c1-3-5-6-7-8-16-31(27(32)19-23-13-14-24(29)20-25(23)30)17-15-21-9-11-22(12-10-21)18-26(28(33)34)35-4-2/h9-14,20,26H,3-8,15-19H2,1-2H3,(H,33,34)/t26-/m1/s1. The molecule has 0 radical (unpaired) electrons. The molecule has 0 fully saturated rings. The van der Waals surface area contributed by atoms with Crippen LogP contribution < -0.4 is 0 Å². The predicted octanol–water partition coefficient (Wildman–Crippen LogP) is 5.58. The van der Waals surface area contributed by atoms with E-state index in [9.17, 15) is 23.5 Å². The number of amides is 1. The van der Waals surface area contributed by atoms with Gasteiger partial charge in [0, 0.05) is 32.2 Å². The second kappa shape index (κ2) is 15.2. The number of nitrogens with zero attached hydrogens (tertiary/aromatic N) is 1. The van der Waals surface area contributed by atoms with Crippen LogP contribution in [0.3, 0.4) is 0 Å². The maximum absolute atomic E-state index is 14.1. The molecule has 0 aliphatic rings. The molecule has 0 saturated carbocycles. The van der Waals surface area contributed by atoms with E-state index in [-0.39, 0.29) is 24.3 Å². The molecule has 0 unspecified atom stereocenters. The number of ether oxygens (including phenoxy) is 1. The zero-order valence-corrected chi connectivity index (χ0v) is 20.8. The van der Waals surface area contributed by atoms with Crippen LogP contribution in [0.15, 0.2) is 42.5 Å². The number of aliphatic carboxylic acids is 1. The van der Waals surface area contributed by atoms with E-state index in [1.165, 1.54) is 12.1 Å². The fourth-order valence-corrected chi connectivity index (χ4v) is 3.95. The molecule has 5 nitrogen and oxygen atoms in total. The molecule has 2 aromatic rings. The van der Waals surface area contributed by atoms with Crippen LogP contribution >= 0.6 is 0 Å². The summed E-state index contributed by atoms with van der Waals surface area (Å²) < 4.78 is 32.6. The lowest BCUT2D eigenvalue weighted by atomic mass is 10.0. The Bertz CT molecular complexity index is 933. The van der Waals surface area contributed by atoms with Gasteiger partial charge in [0.05, 0.1) is 6.42 Å². The number of carboxylic acid groups (broad SMARTS) is 1. The lowest BCUT2D eigenvalue weighted by Gasteiger charge is -2.23. The normalized spacial score (nSPS) is 11.9. The lowest BCUT2D eigenvalue weighted by molar-refractivity contribution is -0.150. The van der Waals surface area contributed by atoms with Crippen molar-refractivity contribution < 1.29 is 28.2 Å². The van der Waals surface area contributed by atoms with Gasteiger partial charge in [0.2, 0.25) is 5.91 Å². The largest absolute Gasteiger partial charge is 0.479 e. The van der Waals surface area contributed by atoms with Crippen molar-refractivity contribution in [1.29, 1.82) is 0 Å². The number of unbranched alkanes of at least 4 members (excludes halogenated alkanes) is 4. The van der Waals surface area contributed by atoms with Crippen molar-refractivity contribution >= 4 is 11.9 Å². The quantitative estimate of drug-likeness (QED) is 0.313. The van der Waals surface area contributed by atoms with Crippen LogP contribution in [0.2, 0.25) is 0 Å². The van der Waals surface area contributed by atoms with Gasteiger partial charge in [0.15, 0.2) is 6.10 Å². The van der Waals surface area contributed by atoms with Gasteiger partial charge in [0.1, 0.15) is 11.6 Å². The Balaban J connectivity index is 2.00. The Kier molecular flexibility index (Phi) is 12.4. The molecule has 1 N–H and O–H groups in total. The van der Waals surface area contributed by atoms with Gasteiger partial charge in [-0.3, -0.25) is 4.79 Å². The van der Waals surface area contributed by atoms with Crippen molar-refractivity contribution in [1.82, 2.24) is 4.90 Å². The van der Waals surface area contributed by atoms with Gasteiger partial charge >= 0.3 is 5.97 Å². The smallest absolute Gasteiger partial charge is 0.333 e. The summed E-state index contributed by atoms with van der Waals surface area (Å²) in [6, 6.07) is 10.9. The first-order chi connectivity index (χ1) is 16.8. The zero-order chi connectivity index (χ0) is 25.6. The average molecular weight is 490 g/mol. The van der Waals surface area contributed by atoms with E-state index in [1.54, 1.807) is 11.8 Å². The van der Waals surface area contributed by atoms with Gasteiger partial charge in [-0.05, 0) is 42.5 Å². The minimum absolute atomic E-state index is 0.103. The number of carbonyl (C=O) groups is 2. The third-order valence-electron chi connectivity index (χ3n) is 6.00. The van der Waals surface area contributed by atoms with E-state index >= 15 is 0 Å². The van der Waals surface area contributed by atoms with Gasteiger partial charge in [-0.2, -0.15) is 0 Å². The molecule has 2 rings (SSSR count). The zero-order valence-electron chi connectivity index (χ0n) is 20.8. The Morgan fingerprint density at radius 1 is 0.943 bits per heavy atom. The highest BCUT2D eigenvalue weighted by atomic mass is 19.1. The van der Waals surface area contributed by atoms with Crippen molar-refractivity contribution in [3.63, 3.8) is 0 Å². The first-order valence-electron chi connectivity index (χ1n) is 12.5. The molecule has 0 aromatic heterocycles. The number of benzene rings is 2. The van der Waals surface area contributed by atoms with E-state index in [0.717, 1.165) is 49.3 Å². The molecule has 192 valence electrons. The van der Waals surface area contributed by atoms with Crippen LogP contribution in [0.25, 0.3) is 0 Å². The number of carboxylic acids is 1. The summed E-state index contributed by atoms with van der Waals surface area (Å²) in [5, 5.41) is 9.27. The molecule has 35 heavy (non-hydrogen) atoms. The van der Waals surface area contributed by atoms with Gasteiger partial charge in [0.25, 0.3) is 0 Å². The lowest BCUT2D eigenvalue weighted by Crippen LogP contribution is -2.35. The minimum Gasteiger partial charge on any atom is -0.479 e. The summed E-state index contributed by atoms with van der Waals surface area (Å²) in [6.07, 6.45) is 5.26. The second-order valence-electron chi connectivity index (χ2n) is 8.76. The van der Waals surface area contributed by atoms with E-state index in [1.807, 2.05) is 24.3 Å². The Hall–Kier alpha value is -2.80. The van der Waals surface area contributed by atoms with Crippen molar-refractivity contribution in [2.45, 2.75) is 71.3 Å². The molecular formula is C28H37F2NO4. The van der Waals surface area contributed by atoms with Gasteiger partial charge in [-0.1, -0.05) is 62.9 Å². The molecule has 0 aliphatic heterocycles. The van der Waals surface area contributed by atoms with Crippen LogP contribution in [0.5, 0.6) is 0 Å². The average Bonchev–Trinajstić information content (AvgIpc) is 2.83. The molecule has 1 amide bonds. The van der Waals surface area contributed by atoms with E-state index in [0.29, 0.717) is 26.1 Å². The van der Waals surface area contributed by atoms with Crippen molar-refractivity contribution in [2.75, 3.05) is 19.7 Å². The summed E-state index contributed by atoms with van der Waals surface area (Å²) in [6.45, 7) is 5.33. The van der Waals surface area contributed by atoms with Gasteiger partial charge in [-0.25, -0.2) is 13.6 Å². The summed E-state index contributed by atoms with van der Waals surface area (Å²) >= 11 is 0. The third-order valence-corrected chi connectivity index (χ3v) is 6.00. The fraction of sp³-hybridized carbons (Fsp3) is 0.500. The van der Waals surface area contributed by atoms with Crippen LogP contribution in [0.4, 0.5) is 8.78 Å². The predicted molar refractivity (Wildman–Crippen MR) is 132 cm³/mol. The van der Waals surface area contributed by atoms with E-state index < -0.39 is 23.7 Å². The van der Waals surface area contributed by atoms with Crippen LogP contribution in [0.1, 0.15) is 62.6 Å². The Labute approximate surface area is 207 Å². The molecule has 0 heterocycles. The summed E-state index contributed by atoms with van der Waals surface area (Å²) in [7, 11) is 0. The summed E-state index contributed by atoms with van der Waals surface area (Å²) in [5.74, 6) is -2.53. The molecule has 0 saturated heterocycles. The highest BCUT2D eigenvalue weighted by Gasteiger charge is 2.19. The highest BCUT2D eigenvalue weighted by Crippen LogP contribution is 2.14. The SMILES string of the molecule is CCCCCCCN(CCc1ccc(C[C@@H](OCC)C(=O)O)cc1)C(=O)Cc1ccc(F)cc1F. The Morgan fingerprint density at radius 3 is 2.26 bits per heavy atom. The molecular weight excluding hydrogens is 452 g/mol. The number of hydrogen-bond acceptors (Lipinski definition) is 3. The maximum Gasteiger partial charge on any atom is 0.333 e. The fourth-order valence-electron chi connectivity index (χ4n) is 3.95. The second-order valence-corrected chi connectivity index (χ2v) is 8.76. The van der Waals surface area contributed by atoms with E-state index in [4.69, 9.17) is 4.74 Å². The first-order valence-corrected chi connectivity index (χ1v) is 12.5. The van der Waals surface area contributed by atoms with E-state index in [2.05, 4.69) is 6.92 Å². The first kappa shape index (κ1) is 28.4. The van der Waals surface area contributed by atoms with Crippen molar-refractivity contribution in [2.24, 2.45) is 0 Å². The molecule has 0 spiro atoms.